The zero-order valence-electron chi connectivity index (χ0n) is 15.2. The maximum atomic E-state index is 12.0. The first-order valence-corrected chi connectivity index (χ1v) is 8.68. The van der Waals surface area contributed by atoms with E-state index >= 15 is 0 Å². The van der Waals surface area contributed by atoms with Crippen LogP contribution in [0.1, 0.15) is 20.7 Å². The lowest BCUT2D eigenvalue weighted by molar-refractivity contribution is 0.0691. The normalized spacial score (nSPS) is 9.93. The summed E-state index contributed by atoms with van der Waals surface area (Å²) in [6.07, 6.45) is 1.68. The molecule has 29 heavy (non-hydrogen) atoms. The Hall–Kier alpha value is -4.19. The minimum Gasteiger partial charge on any atom is -0.507 e. The maximum absolute atomic E-state index is 12.0. The van der Waals surface area contributed by atoms with Crippen molar-refractivity contribution in [3.05, 3.63) is 102 Å². The second-order valence-corrected chi connectivity index (χ2v) is 5.91. The topological polar surface area (TPSA) is 96.7 Å². The highest BCUT2D eigenvalue weighted by atomic mass is 16.5. The highest BCUT2D eigenvalue weighted by molar-refractivity contribution is 5.94. The molecular formula is C23H17NO5. The first kappa shape index (κ1) is 19.6. The number of nitrogens with zero attached hydrogens (tertiary/aromatic N) is 1. The van der Waals surface area contributed by atoms with E-state index in [1.807, 2.05) is 30.3 Å². The Bertz CT molecular complexity index is 1140. The number of hydrogen-bond donors (Lipinski definition) is 2. The molecule has 0 atom stereocenters. The van der Waals surface area contributed by atoms with Crippen molar-refractivity contribution in [2.45, 2.75) is 0 Å². The molecule has 0 unspecified atom stereocenters. The number of fused-ring (bicyclic) bond motifs is 1. The van der Waals surface area contributed by atoms with Crippen LogP contribution in [-0.4, -0.2) is 27.1 Å². The van der Waals surface area contributed by atoms with Gasteiger partial charge < -0.3 is 14.9 Å². The number of carboxylic acid groups (broad SMARTS) is 1. The van der Waals surface area contributed by atoms with Crippen molar-refractivity contribution < 1.29 is 24.5 Å². The molecule has 6 heteroatoms. The van der Waals surface area contributed by atoms with E-state index in [1.54, 1.807) is 48.7 Å². The number of aromatic hydroxyl groups is 1. The van der Waals surface area contributed by atoms with Crippen LogP contribution in [0.2, 0.25) is 0 Å². The number of pyridine rings is 1. The van der Waals surface area contributed by atoms with Crippen molar-refractivity contribution in [3.8, 4) is 11.5 Å². The van der Waals surface area contributed by atoms with E-state index in [-0.39, 0.29) is 17.3 Å². The number of para-hydroxylation sites is 2. The molecule has 1 heterocycles. The molecule has 0 fully saturated rings. The second kappa shape index (κ2) is 9.14. The Kier molecular flexibility index (Phi) is 6.17. The van der Waals surface area contributed by atoms with Crippen molar-refractivity contribution in [2.75, 3.05) is 0 Å². The highest BCUT2D eigenvalue weighted by Crippen LogP contribution is 2.23. The monoisotopic (exact) mass is 387 g/mol. The molecule has 0 amide bonds. The molecular weight excluding hydrogens is 370 g/mol. The lowest BCUT2D eigenvalue weighted by atomic mass is 10.2. The average Bonchev–Trinajstić information content (AvgIpc) is 2.75. The molecule has 2 N–H and O–H groups in total. The molecule has 4 rings (SSSR count). The number of carboxylic acids is 1. The Labute approximate surface area is 166 Å². The van der Waals surface area contributed by atoms with Gasteiger partial charge in [0.25, 0.3) is 0 Å². The van der Waals surface area contributed by atoms with Crippen LogP contribution >= 0.6 is 0 Å². The molecule has 0 spiro atoms. The molecule has 0 saturated carbocycles. The minimum atomic E-state index is -1.11. The molecule has 4 aromatic rings. The quantitative estimate of drug-likeness (QED) is 0.396. The van der Waals surface area contributed by atoms with E-state index in [4.69, 9.17) is 14.9 Å². The first-order chi connectivity index (χ1) is 14.1. The number of carbonyl (C=O) groups excluding carboxylic acids is 1. The number of aromatic carboxylic acids is 1. The second-order valence-electron chi connectivity index (χ2n) is 5.91. The SMILES string of the molecule is O=C(O)c1ccccc1O.O=C(Oc1cccc2cccnc12)c1ccccc1. The van der Waals surface area contributed by atoms with Crippen LogP contribution < -0.4 is 4.74 Å². The molecule has 6 nitrogen and oxygen atoms in total. The summed E-state index contributed by atoms with van der Waals surface area (Å²) < 4.78 is 5.41. The molecule has 3 aromatic carbocycles. The Morgan fingerprint density at radius 1 is 0.793 bits per heavy atom. The summed E-state index contributed by atoms with van der Waals surface area (Å²) >= 11 is 0. The lowest BCUT2D eigenvalue weighted by Gasteiger charge is -2.06. The van der Waals surface area contributed by atoms with Gasteiger partial charge in [0.15, 0.2) is 5.75 Å². The smallest absolute Gasteiger partial charge is 0.343 e. The van der Waals surface area contributed by atoms with Crippen LogP contribution in [0.5, 0.6) is 11.5 Å². The third kappa shape index (κ3) is 4.95. The molecule has 0 bridgehead atoms. The minimum absolute atomic E-state index is 0.0671. The van der Waals surface area contributed by atoms with Gasteiger partial charge in [0.2, 0.25) is 0 Å². The van der Waals surface area contributed by atoms with Gasteiger partial charge in [0, 0.05) is 11.6 Å². The number of hydrogen-bond acceptors (Lipinski definition) is 5. The Morgan fingerprint density at radius 2 is 1.48 bits per heavy atom. The summed E-state index contributed by atoms with van der Waals surface area (Å²) in [6, 6.07) is 24.0. The van der Waals surface area contributed by atoms with Crippen molar-refractivity contribution in [2.24, 2.45) is 0 Å². The molecule has 0 saturated heterocycles. The van der Waals surface area contributed by atoms with Gasteiger partial charge in [-0.05, 0) is 36.4 Å². The summed E-state index contributed by atoms with van der Waals surface area (Å²) in [5, 5.41) is 18.3. The van der Waals surface area contributed by atoms with E-state index in [2.05, 4.69) is 4.98 Å². The predicted octanol–water partition coefficient (Wildman–Crippen LogP) is 4.54. The summed E-state index contributed by atoms with van der Waals surface area (Å²) in [6.45, 7) is 0. The van der Waals surface area contributed by atoms with Crippen LogP contribution in [0.4, 0.5) is 0 Å². The van der Waals surface area contributed by atoms with Crippen molar-refractivity contribution >= 4 is 22.8 Å². The van der Waals surface area contributed by atoms with Gasteiger partial charge in [0.1, 0.15) is 16.8 Å². The molecule has 1 aromatic heterocycles. The fourth-order valence-corrected chi connectivity index (χ4v) is 2.55. The summed E-state index contributed by atoms with van der Waals surface area (Å²) in [5.41, 5.74) is 1.15. The van der Waals surface area contributed by atoms with Gasteiger partial charge >= 0.3 is 11.9 Å². The standard InChI is InChI=1S/C16H11NO2.C7H6O3/c18-16(13-6-2-1-3-7-13)19-14-10-4-8-12-9-5-11-17-15(12)14;8-6-4-2-1-3-5(6)7(9)10/h1-11H;1-4,8H,(H,9,10). The van der Waals surface area contributed by atoms with Gasteiger partial charge in [-0.25, -0.2) is 9.59 Å². The van der Waals surface area contributed by atoms with E-state index in [9.17, 15) is 9.59 Å². The van der Waals surface area contributed by atoms with E-state index in [1.165, 1.54) is 12.1 Å². The van der Waals surface area contributed by atoms with Crippen molar-refractivity contribution in [1.29, 1.82) is 0 Å². The number of phenols is 1. The average molecular weight is 387 g/mol. The van der Waals surface area contributed by atoms with Crippen molar-refractivity contribution in [1.82, 2.24) is 4.98 Å². The third-order valence-electron chi connectivity index (χ3n) is 3.94. The van der Waals surface area contributed by atoms with Gasteiger partial charge in [0.05, 0.1) is 5.56 Å². The largest absolute Gasteiger partial charge is 0.507 e. The highest BCUT2D eigenvalue weighted by Gasteiger charge is 2.10. The number of esters is 1. The lowest BCUT2D eigenvalue weighted by Crippen LogP contribution is -2.08. The van der Waals surface area contributed by atoms with E-state index < -0.39 is 5.97 Å². The third-order valence-corrected chi connectivity index (χ3v) is 3.94. The van der Waals surface area contributed by atoms with Gasteiger partial charge in [-0.1, -0.05) is 48.5 Å². The van der Waals surface area contributed by atoms with Crippen molar-refractivity contribution in [3.63, 3.8) is 0 Å². The first-order valence-electron chi connectivity index (χ1n) is 8.68. The fourth-order valence-electron chi connectivity index (χ4n) is 2.55. The van der Waals surface area contributed by atoms with Crippen LogP contribution in [-0.2, 0) is 0 Å². The number of ether oxygens (including phenoxy) is 1. The van der Waals surface area contributed by atoms with Gasteiger partial charge in [-0.15, -0.1) is 0 Å². The summed E-state index contributed by atoms with van der Waals surface area (Å²) in [5.74, 6) is -1.21. The van der Waals surface area contributed by atoms with E-state index in [0.717, 1.165) is 5.39 Å². The summed E-state index contributed by atoms with van der Waals surface area (Å²) in [4.78, 5) is 26.5. The molecule has 0 radical (unpaired) electrons. The zero-order valence-corrected chi connectivity index (χ0v) is 15.2. The molecule has 144 valence electrons. The van der Waals surface area contributed by atoms with Crippen LogP contribution in [0.15, 0.2) is 91.1 Å². The fraction of sp³-hybridized carbons (Fsp3) is 0. The van der Waals surface area contributed by atoms with Crippen LogP contribution in [0, 0.1) is 0 Å². The molecule has 0 aliphatic rings. The molecule has 0 aliphatic heterocycles. The van der Waals surface area contributed by atoms with Gasteiger partial charge in [-0.3, -0.25) is 4.98 Å². The van der Waals surface area contributed by atoms with Crippen LogP contribution in [0.3, 0.4) is 0 Å². The zero-order chi connectivity index (χ0) is 20.6. The Balaban J connectivity index is 0.000000204. The number of aromatic nitrogens is 1. The number of carbonyl (C=O) groups is 2. The maximum Gasteiger partial charge on any atom is 0.343 e. The van der Waals surface area contributed by atoms with Crippen LogP contribution in [0.25, 0.3) is 10.9 Å². The summed E-state index contributed by atoms with van der Waals surface area (Å²) in [7, 11) is 0. The Morgan fingerprint density at radius 3 is 2.17 bits per heavy atom. The molecule has 0 aliphatic carbocycles. The van der Waals surface area contributed by atoms with E-state index in [0.29, 0.717) is 16.8 Å². The predicted molar refractivity (Wildman–Crippen MR) is 108 cm³/mol. The number of rotatable bonds is 3. The number of benzene rings is 3. The van der Waals surface area contributed by atoms with Gasteiger partial charge in [-0.2, -0.15) is 0 Å².